The zero-order valence-corrected chi connectivity index (χ0v) is 82.1. The van der Waals surface area contributed by atoms with Crippen LogP contribution in [0, 0.1) is 0 Å². The Balaban J connectivity index is 0.697. The van der Waals surface area contributed by atoms with Crippen LogP contribution in [-0.4, -0.2) is 240 Å². The first-order valence-corrected chi connectivity index (χ1v) is 49.0. The molecule has 0 amide bonds. The zero-order chi connectivity index (χ0) is 99.2. The summed E-state index contributed by atoms with van der Waals surface area (Å²) in [7, 11) is 6.61. The topological polar surface area (TPSA) is 299 Å². The highest BCUT2D eigenvalue weighted by Crippen LogP contribution is 2.44. The summed E-state index contributed by atoms with van der Waals surface area (Å²) in [4.78, 5) is 38.2. The van der Waals surface area contributed by atoms with Crippen LogP contribution in [0.1, 0.15) is 45.6 Å². The fourth-order valence-electron chi connectivity index (χ4n) is 17.6. The maximum atomic E-state index is 6.52. The van der Waals surface area contributed by atoms with Crippen LogP contribution < -0.4 is 37.9 Å². The summed E-state index contributed by atoms with van der Waals surface area (Å²) < 4.78 is 117. The minimum Gasteiger partial charge on any atom is -0.491 e. The van der Waals surface area contributed by atoms with E-state index >= 15 is 0 Å². The fourth-order valence-corrected chi connectivity index (χ4v) is 17.6. The number of aromatic nitrogens is 8. The molecule has 4 N–H and O–H groups in total. The van der Waals surface area contributed by atoms with Gasteiger partial charge < -0.3 is 115 Å². The van der Waals surface area contributed by atoms with Crippen LogP contribution in [-0.2, 0) is 56.8 Å². The van der Waals surface area contributed by atoms with Crippen molar-refractivity contribution in [1.82, 2.24) is 39.9 Å². The lowest BCUT2D eigenvalue weighted by molar-refractivity contribution is 0.0180. The van der Waals surface area contributed by atoms with Crippen LogP contribution >= 0.6 is 0 Å². The zero-order valence-electron chi connectivity index (χ0n) is 82.1. The van der Waals surface area contributed by atoms with Crippen molar-refractivity contribution in [3.8, 4) is 135 Å². The molecule has 0 spiro atoms. The normalized spacial score (nSPS) is 12.5. The first-order chi connectivity index (χ1) is 72.2. The fraction of sp³-hybridized carbons (Fsp3) is 0.254. The van der Waals surface area contributed by atoms with Gasteiger partial charge in [-0.3, -0.25) is 0 Å². The Kier molecular flexibility index (Phi) is 34.4. The summed E-state index contributed by atoms with van der Waals surface area (Å²) in [5.41, 5.74) is 26.1. The smallest absolute Gasteiger partial charge is 0.230 e. The largest absolute Gasteiger partial charge is 0.491 e. The lowest BCUT2D eigenvalue weighted by Crippen LogP contribution is -2.12. The molecule has 0 saturated heterocycles. The number of ether oxygens (including phenoxy) is 20. The predicted octanol–water partition coefficient (Wildman–Crippen LogP) is 22.3. The lowest BCUT2D eigenvalue weighted by atomic mass is 10.0. The number of rotatable bonds is 44. The van der Waals surface area contributed by atoms with Crippen molar-refractivity contribution in [2.45, 2.75) is 0 Å². The third-order valence-electron chi connectivity index (χ3n) is 24.8. The van der Waals surface area contributed by atoms with E-state index in [1.54, 1.807) is 28.4 Å². The second-order valence-electron chi connectivity index (χ2n) is 34.3. The maximum Gasteiger partial charge on any atom is 0.230 e. The van der Waals surface area contributed by atoms with Crippen molar-refractivity contribution >= 4 is 92.7 Å². The van der Waals surface area contributed by atoms with Gasteiger partial charge in [0.05, 0.1) is 178 Å². The van der Waals surface area contributed by atoms with Gasteiger partial charge in [-0.25, -0.2) is 19.9 Å². The molecule has 17 heterocycles. The number of H-pyrrole nitrogens is 4. The molecule has 6 aromatic heterocycles. The van der Waals surface area contributed by atoms with E-state index in [9.17, 15) is 0 Å². The number of hydrogen-bond acceptors (Lipinski definition) is 24. The molecule has 28 nitrogen and oxygen atoms in total. The van der Waals surface area contributed by atoms with Gasteiger partial charge in [0.2, 0.25) is 13.6 Å². The molecule has 748 valence electrons. The van der Waals surface area contributed by atoms with E-state index in [2.05, 4.69) is 214 Å². The Morgan fingerprint density at radius 2 is 0.322 bits per heavy atom. The highest BCUT2D eigenvalue weighted by molar-refractivity contribution is 6.03. The molecule has 28 heteroatoms. The maximum absolute atomic E-state index is 6.52. The van der Waals surface area contributed by atoms with Gasteiger partial charge in [-0.1, -0.05) is 97.1 Å². The first-order valence-electron chi connectivity index (χ1n) is 49.0. The van der Waals surface area contributed by atoms with Crippen LogP contribution in [0.15, 0.2) is 243 Å². The standard InChI is InChI=1S/C118H116N8O20/c1-127-53-57-131-61-65-135-69-73-139-87-21-5-79(6-22-87)111-95-37-38-96(119-95)112(80-7-23-88(24-8-80)140-74-70-136-66-62-132-58-54-128-2)100-42-46-104(122-100)116-84-15-31-92(32-16-84)145-78-146-94-35-19-86(20-36-94)118-106-48-44-102(124-106)114(82-11-27-90(28-12-82)142-76-72-138-68-64-134-60-56-130-4)98-40-39-97(120-98)113(81-9-25-89(26-10-81)141-75-71-137-67-63-133-59-55-129-3)101-43-47-105(123-101)117(109-51-52-110(118)126-109)85-17-33-93(34-18-85)144-77-143-91-29-13-83(14-30-91)115(103-45-41-99(111)121-103)107-49-50-108(116)125-107/h5-52,121-124H,53-78H2,1-4H3. The van der Waals surface area contributed by atoms with E-state index in [0.29, 0.717) is 227 Å². The average molecular weight is 1970 g/mol. The Morgan fingerprint density at radius 1 is 0.178 bits per heavy atom. The molecular weight excluding hydrogens is 1850 g/mol. The van der Waals surface area contributed by atoms with E-state index in [1.165, 1.54) is 0 Å². The van der Waals surface area contributed by atoms with E-state index in [0.717, 1.165) is 156 Å². The average Bonchev–Trinajstić information content (AvgIpc) is 1.61. The molecule has 0 saturated carbocycles. The Morgan fingerprint density at radius 3 is 0.479 bits per heavy atom. The Bertz CT molecular complexity index is 6380. The molecular formula is C118H116N8O20. The number of nitrogens with zero attached hydrogens (tertiary/aromatic N) is 4. The predicted molar refractivity (Wildman–Crippen MR) is 569 cm³/mol. The minimum absolute atomic E-state index is 0.103. The van der Waals surface area contributed by atoms with Gasteiger partial charge in [0.25, 0.3) is 0 Å². The van der Waals surface area contributed by atoms with Crippen LogP contribution in [0.3, 0.4) is 0 Å². The summed E-state index contributed by atoms with van der Waals surface area (Å²) in [5, 5.41) is 0. The van der Waals surface area contributed by atoms with Gasteiger partial charge in [-0.15, -0.1) is 0 Å². The van der Waals surface area contributed by atoms with Gasteiger partial charge >= 0.3 is 0 Å². The summed E-state index contributed by atoms with van der Waals surface area (Å²) in [6.45, 7) is 10.5. The second kappa shape index (κ2) is 50.4. The third-order valence-corrected chi connectivity index (χ3v) is 24.8. The Hall–Kier alpha value is -15.1. The van der Waals surface area contributed by atoms with E-state index in [4.69, 9.17) is 115 Å². The molecule has 11 aliphatic rings. The van der Waals surface area contributed by atoms with Gasteiger partial charge in [-0.2, -0.15) is 0 Å². The number of aromatic amines is 4. The Labute approximate surface area is 846 Å². The van der Waals surface area contributed by atoms with Crippen LogP contribution in [0.25, 0.3) is 182 Å². The van der Waals surface area contributed by atoms with Crippen molar-refractivity contribution in [2.75, 3.05) is 201 Å². The molecule has 0 radical (unpaired) electrons. The highest BCUT2D eigenvalue weighted by Gasteiger charge is 2.25. The van der Waals surface area contributed by atoms with E-state index < -0.39 is 0 Å². The molecule has 28 bridgehead atoms. The van der Waals surface area contributed by atoms with Crippen molar-refractivity contribution in [3.05, 3.63) is 288 Å². The molecule has 25 rings (SSSR count). The van der Waals surface area contributed by atoms with Crippen LogP contribution in [0.2, 0.25) is 0 Å². The molecule has 0 atom stereocenters. The number of methoxy groups -OCH3 is 4. The number of nitrogens with one attached hydrogen (secondary N) is 4. The number of benzene rings is 8. The molecule has 0 aliphatic carbocycles. The monoisotopic (exact) mass is 1960 g/mol. The quantitative estimate of drug-likeness (QED) is 0.0258. The summed E-state index contributed by atoms with van der Waals surface area (Å²) in [6, 6.07) is 81.3. The SMILES string of the molecule is COCCOCCOCCOc1ccc(-c2c3nc(c(-c4ccc(OCCOCCOCCOC)cc4)c4ccc([nH]4)c4c5nc(c(c6ccc2[nH]6)-c2ccc(cc2)OCOc2ccc(cc2)-c2c6nc(c(c7ccc([nH]7)c(-c7ccc(OCCOCCOCCOC)cc7)c7nc(c(-c8ccc(OCCOCCOCCOC)cc8)c8ccc2[nH]8)C=C7)-c2ccc(cc2)OCOc2ccc-4cc2)C=C6)C=C5)C=C3)cc1. The summed E-state index contributed by atoms with van der Waals surface area (Å²) >= 11 is 0. The molecule has 146 heavy (non-hydrogen) atoms. The highest BCUT2D eigenvalue weighted by atomic mass is 16.7. The third kappa shape index (κ3) is 25.3. The molecule has 8 aromatic carbocycles. The molecule has 14 aromatic rings. The summed E-state index contributed by atoms with van der Waals surface area (Å²) in [5.74, 6) is 5.09. The van der Waals surface area contributed by atoms with Crippen LogP contribution in [0.5, 0.6) is 46.0 Å². The number of fused-ring (bicyclic) bond motifs is 12. The van der Waals surface area contributed by atoms with Crippen molar-refractivity contribution < 1.29 is 94.7 Å². The minimum atomic E-state index is -0.103. The summed E-state index contributed by atoms with van der Waals surface area (Å²) in [6.07, 6.45) is 16.6. The van der Waals surface area contributed by atoms with Crippen molar-refractivity contribution in [3.63, 3.8) is 0 Å². The van der Waals surface area contributed by atoms with E-state index in [-0.39, 0.29) is 13.6 Å². The molecule has 0 unspecified atom stereocenters. The molecule has 11 aliphatic heterocycles. The molecule has 0 fully saturated rings. The van der Waals surface area contributed by atoms with Crippen molar-refractivity contribution in [1.29, 1.82) is 0 Å². The first kappa shape index (κ1) is 99.6. The van der Waals surface area contributed by atoms with Gasteiger partial charge in [-0.05, 0) is 239 Å². The lowest BCUT2D eigenvalue weighted by Gasteiger charge is -2.11. The van der Waals surface area contributed by atoms with Gasteiger partial charge in [0.1, 0.15) is 72.4 Å². The van der Waals surface area contributed by atoms with Gasteiger partial charge in [0, 0.05) is 117 Å². The van der Waals surface area contributed by atoms with Crippen LogP contribution in [0.4, 0.5) is 0 Å². The van der Waals surface area contributed by atoms with E-state index in [1.807, 2.05) is 97.1 Å². The van der Waals surface area contributed by atoms with Gasteiger partial charge in [0.15, 0.2) is 0 Å². The number of hydrogen-bond donors (Lipinski definition) is 4. The second-order valence-corrected chi connectivity index (χ2v) is 34.3. The van der Waals surface area contributed by atoms with Crippen molar-refractivity contribution in [2.24, 2.45) is 0 Å².